The second kappa shape index (κ2) is 11.0. The zero-order valence-electron chi connectivity index (χ0n) is 18.8. The molecular weight excluding hydrogens is 515 g/mol. The normalized spacial score (nSPS) is 11.9. The molecule has 2 aromatic carbocycles. The molecule has 0 spiro atoms. The number of aromatic nitrogens is 5. The van der Waals surface area contributed by atoms with Gasteiger partial charge in [-0.15, -0.1) is 0 Å². The van der Waals surface area contributed by atoms with E-state index in [2.05, 4.69) is 19.7 Å². The number of hydrogen-bond donors (Lipinski definition) is 3. The number of ether oxygens (including phenoxy) is 1. The summed E-state index contributed by atoms with van der Waals surface area (Å²) in [5, 5.41) is 22.4. The predicted molar refractivity (Wildman–Crippen MR) is 131 cm³/mol. The highest BCUT2D eigenvalue weighted by Gasteiger charge is 2.17. The number of anilines is 2. The van der Waals surface area contributed by atoms with E-state index in [1.807, 2.05) is 0 Å². The number of halogens is 2. The van der Waals surface area contributed by atoms with Crippen molar-refractivity contribution < 1.29 is 19.3 Å². The van der Waals surface area contributed by atoms with Crippen LogP contribution >= 0.6 is 23.1 Å². The molecule has 1 atom stereocenters. The summed E-state index contributed by atoms with van der Waals surface area (Å²) in [6, 6.07) is 10.6. The Labute approximate surface area is 212 Å². The molecule has 0 radical (unpaired) electrons. The molecule has 0 aliphatic carbocycles. The molecule has 0 bridgehead atoms. The predicted octanol–water partition coefficient (Wildman–Crippen LogP) is 2.29. The van der Waals surface area contributed by atoms with Crippen LogP contribution in [0.5, 0.6) is 10.9 Å². The molecule has 188 valence electrons. The van der Waals surface area contributed by atoms with E-state index < -0.39 is 36.5 Å². The van der Waals surface area contributed by atoms with Crippen molar-refractivity contribution >= 4 is 34.8 Å². The van der Waals surface area contributed by atoms with Crippen LogP contribution in [-0.2, 0) is 13.1 Å². The fourth-order valence-electron chi connectivity index (χ4n) is 3.17. The molecule has 3 N–H and O–H groups in total. The summed E-state index contributed by atoms with van der Waals surface area (Å²) in [4.78, 5) is 33.7. The quantitative estimate of drug-likeness (QED) is 0.294. The van der Waals surface area contributed by atoms with Crippen molar-refractivity contribution in [2.75, 3.05) is 11.9 Å². The highest BCUT2D eigenvalue weighted by Crippen LogP contribution is 2.28. The van der Waals surface area contributed by atoms with Crippen LogP contribution in [0, 0.1) is 12.7 Å². The lowest BCUT2D eigenvalue weighted by atomic mass is 10.2. The Bertz CT molecular complexity index is 1490. The summed E-state index contributed by atoms with van der Waals surface area (Å²) in [5.74, 6) is -0.461. The van der Waals surface area contributed by atoms with Crippen LogP contribution in [0.25, 0.3) is 0 Å². The Hall–Kier alpha value is -3.65. The standard InChI is InChI=1S/C22H20ClFN6O5S/c1-12-25-21(36-28-12)35-18-7-6-15(8-17(18)24)26-19-27-20(33)30(10-16(32)11-31)22(34)29(19)9-13-2-4-14(23)5-3-13/h2-8,16,31-32H,9-11H2,1H3,(H,26,27,33)/t16-/m0/s1. The Morgan fingerprint density at radius 1 is 1.17 bits per heavy atom. The van der Waals surface area contributed by atoms with Crippen molar-refractivity contribution in [3.05, 3.63) is 85.7 Å². The smallest absolute Gasteiger partial charge is 0.355 e. The van der Waals surface area contributed by atoms with Crippen LogP contribution in [0.3, 0.4) is 0 Å². The van der Waals surface area contributed by atoms with Crippen LogP contribution in [0.15, 0.2) is 52.1 Å². The first-order valence-corrected chi connectivity index (χ1v) is 11.7. The molecule has 0 saturated carbocycles. The van der Waals surface area contributed by atoms with Gasteiger partial charge in [0.15, 0.2) is 11.6 Å². The Morgan fingerprint density at radius 3 is 2.56 bits per heavy atom. The van der Waals surface area contributed by atoms with Gasteiger partial charge in [-0.3, -0.25) is 4.57 Å². The fourth-order valence-corrected chi connectivity index (χ4v) is 3.85. The third-order valence-corrected chi connectivity index (χ3v) is 5.84. The van der Waals surface area contributed by atoms with Crippen molar-refractivity contribution in [3.63, 3.8) is 0 Å². The summed E-state index contributed by atoms with van der Waals surface area (Å²) < 4.78 is 26.0. The summed E-state index contributed by atoms with van der Waals surface area (Å²) in [6.45, 7) is 0.573. The van der Waals surface area contributed by atoms with Crippen molar-refractivity contribution in [2.45, 2.75) is 26.1 Å². The number of nitrogens with one attached hydrogen (secondary N) is 1. The summed E-state index contributed by atoms with van der Waals surface area (Å²) >= 11 is 6.92. The van der Waals surface area contributed by atoms with Gasteiger partial charge in [0.1, 0.15) is 5.82 Å². The number of rotatable bonds is 9. The first kappa shape index (κ1) is 25.4. The lowest BCUT2D eigenvalue weighted by molar-refractivity contribution is 0.0785. The van der Waals surface area contributed by atoms with Crippen LogP contribution in [-0.4, -0.2) is 46.4 Å². The molecule has 14 heteroatoms. The zero-order chi connectivity index (χ0) is 25.8. The monoisotopic (exact) mass is 534 g/mol. The van der Waals surface area contributed by atoms with E-state index in [0.29, 0.717) is 21.0 Å². The molecule has 0 amide bonds. The van der Waals surface area contributed by atoms with Gasteiger partial charge in [-0.2, -0.15) is 14.3 Å². The molecule has 0 aliphatic rings. The van der Waals surface area contributed by atoms with E-state index >= 15 is 0 Å². The minimum Gasteiger partial charge on any atom is -0.427 e. The van der Waals surface area contributed by atoms with Crippen molar-refractivity contribution in [1.82, 2.24) is 23.5 Å². The SMILES string of the molecule is Cc1nsc(Oc2ccc(Nc3nc(=O)n(C[C@H](O)CO)c(=O)n3Cc3ccc(Cl)cc3)cc2F)n1. The van der Waals surface area contributed by atoms with Gasteiger partial charge in [0.25, 0.3) is 5.19 Å². The molecule has 4 rings (SSSR count). The van der Waals surface area contributed by atoms with E-state index in [1.165, 1.54) is 12.1 Å². The van der Waals surface area contributed by atoms with E-state index in [9.17, 15) is 19.1 Å². The first-order chi connectivity index (χ1) is 17.2. The molecule has 0 unspecified atom stereocenters. The van der Waals surface area contributed by atoms with Gasteiger partial charge in [0.05, 0.1) is 25.8 Å². The lowest BCUT2D eigenvalue weighted by Crippen LogP contribution is -2.45. The first-order valence-electron chi connectivity index (χ1n) is 10.5. The molecular formula is C22H20ClFN6O5S. The molecule has 11 nitrogen and oxygen atoms in total. The van der Waals surface area contributed by atoms with Gasteiger partial charge < -0.3 is 20.3 Å². The van der Waals surface area contributed by atoms with Crippen LogP contribution in [0.2, 0.25) is 5.02 Å². The molecule has 2 aromatic heterocycles. The second-order valence-electron chi connectivity index (χ2n) is 7.64. The molecule has 0 fully saturated rings. The van der Waals surface area contributed by atoms with E-state index in [4.69, 9.17) is 21.4 Å². The van der Waals surface area contributed by atoms with Crippen LogP contribution in [0.1, 0.15) is 11.4 Å². The number of aryl methyl sites for hydroxylation is 1. The average Bonchev–Trinajstić information content (AvgIpc) is 3.26. The highest BCUT2D eigenvalue weighted by atomic mass is 35.5. The molecule has 0 aliphatic heterocycles. The van der Waals surface area contributed by atoms with E-state index in [1.54, 1.807) is 31.2 Å². The van der Waals surface area contributed by atoms with E-state index in [0.717, 1.165) is 22.2 Å². The molecule has 2 heterocycles. The lowest BCUT2D eigenvalue weighted by Gasteiger charge is -2.17. The summed E-state index contributed by atoms with van der Waals surface area (Å²) in [5.41, 5.74) is -0.874. The number of hydrogen-bond acceptors (Lipinski definition) is 10. The Balaban J connectivity index is 1.68. The fraction of sp³-hybridized carbons (Fsp3) is 0.227. The highest BCUT2D eigenvalue weighted by molar-refractivity contribution is 7.07. The van der Waals surface area contributed by atoms with Gasteiger partial charge in [-0.25, -0.2) is 18.5 Å². The Morgan fingerprint density at radius 2 is 1.92 bits per heavy atom. The van der Waals surface area contributed by atoms with Crippen LogP contribution in [0.4, 0.5) is 16.0 Å². The van der Waals surface area contributed by atoms with E-state index in [-0.39, 0.29) is 29.1 Å². The van der Waals surface area contributed by atoms with Crippen molar-refractivity contribution in [1.29, 1.82) is 0 Å². The van der Waals surface area contributed by atoms with Gasteiger partial charge in [0.2, 0.25) is 5.95 Å². The molecule has 4 aromatic rings. The zero-order valence-corrected chi connectivity index (χ0v) is 20.3. The maximum Gasteiger partial charge on any atom is 0.355 e. The minimum absolute atomic E-state index is 0.0130. The number of nitrogens with zero attached hydrogens (tertiary/aromatic N) is 5. The minimum atomic E-state index is -1.33. The second-order valence-corrected chi connectivity index (χ2v) is 8.79. The van der Waals surface area contributed by atoms with Gasteiger partial charge in [0, 0.05) is 28.3 Å². The maximum atomic E-state index is 14.7. The number of aliphatic hydroxyl groups is 2. The third kappa shape index (κ3) is 5.94. The van der Waals surface area contributed by atoms with Crippen molar-refractivity contribution in [2.24, 2.45) is 0 Å². The number of aliphatic hydroxyl groups excluding tert-OH is 2. The van der Waals surface area contributed by atoms with Gasteiger partial charge in [-0.05, 0) is 36.8 Å². The van der Waals surface area contributed by atoms with Crippen molar-refractivity contribution in [3.8, 4) is 10.9 Å². The van der Waals surface area contributed by atoms with Gasteiger partial charge in [-0.1, -0.05) is 23.7 Å². The van der Waals surface area contributed by atoms with Crippen LogP contribution < -0.4 is 21.4 Å². The average molecular weight is 535 g/mol. The Kier molecular flexibility index (Phi) is 7.74. The molecule has 36 heavy (non-hydrogen) atoms. The van der Waals surface area contributed by atoms with Gasteiger partial charge >= 0.3 is 11.4 Å². The topological polar surface area (TPSA) is 144 Å². The largest absolute Gasteiger partial charge is 0.427 e. The number of benzene rings is 2. The summed E-state index contributed by atoms with van der Waals surface area (Å²) in [6.07, 6.45) is -1.33. The summed E-state index contributed by atoms with van der Waals surface area (Å²) in [7, 11) is 0. The third-order valence-electron chi connectivity index (χ3n) is 4.90. The molecule has 0 saturated heterocycles. The maximum absolute atomic E-state index is 14.7.